The van der Waals surface area contributed by atoms with Crippen LogP contribution >= 0.6 is 11.6 Å². The van der Waals surface area contributed by atoms with Gasteiger partial charge < -0.3 is 15.4 Å². The molecule has 166 valence electrons. The van der Waals surface area contributed by atoms with Crippen molar-refractivity contribution in [1.82, 2.24) is 4.31 Å². The van der Waals surface area contributed by atoms with Crippen LogP contribution in [0.4, 0.5) is 11.4 Å². The predicted molar refractivity (Wildman–Crippen MR) is 119 cm³/mol. The fourth-order valence-electron chi connectivity index (χ4n) is 3.22. The number of nitrogens with one attached hydrogen (secondary N) is 2. The van der Waals surface area contributed by atoms with Crippen molar-refractivity contribution in [2.24, 2.45) is 0 Å². The van der Waals surface area contributed by atoms with E-state index in [1.807, 2.05) is 0 Å². The normalized spacial score (nSPS) is 15.8. The lowest BCUT2D eigenvalue weighted by Crippen LogP contribution is -2.37. The van der Waals surface area contributed by atoms with Gasteiger partial charge in [-0.25, -0.2) is 8.42 Å². The molecule has 0 unspecified atom stereocenters. The quantitative estimate of drug-likeness (QED) is 0.680. The van der Waals surface area contributed by atoms with E-state index < -0.39 is 22.0 Å². The summed E-state index contributed by atoms with van der Waals surface area (Å²) >= 11 is 6.07. The molecule has 3 rings (SSSR count). The number of amides is 2. The van der Waals surface area contributed by atoms with Crippen molar-refractivity contribution in [2.45, 2.75) is 38.2 Å². The minimum absolute atomic E-state index is 0.00601. The lowest BCUT2D eigenvalue weighted by atomic mass is 10.1. The van der Waals surface area contributed by atoms with Crippen molar-refractivity contribution in [3.63, 3.8) is 0 Å². The van der Waals surface area contributed by atoms with Crippen LogP contribution in [0.1, 0.15) is 24.5 Å². The van der Waals surface area contributed by atoms with Gasteiger partial charge in [-0.05, 0) is 49.6 Å². The Labute approximate surface area is 186 Å². The Morgan fingerprint density at radius 1 is 1.29 bits per heavy atom. The number of carbonyl (C=O) groups is 2. The van der Waals surface area contributed by atoms with Gasteiger partial charge in [-0.2, -0.15) is 4.31 Å². The summed E-state index contributed by atoms with van der Waals surface area (Å²) in [5.41, 5.74) is 2.06. The van der Waals surface area contributed by atoms with Gasteiger partial charge >= 0.3 is 0 Å². The van der Waals surface area contributed by atoms with E-state index in [0.29, 0.717) is 33.9 Å². The Bertz CT molecular complexity index is 1150. The summed E-state index contributed by atoms with van der Waals surface area (Å²) in [5, 5.41) is 5.92. The van der Waals surface area contributed by atoms with Gasteiger partial charge in [0.15, 0.2) is 6.10 Å². The molecule has 0 saturated heterocycles. The second-order valence-corrected chi connectivity index (χ2v) is 9.76. The SMILES string of the molecule is CC[C@H]1Oc2cc(S(=O)(=O)N(C)CC(=O)Nc3cccc(Cl)c3C)c(C)cc2NC1=O. The van der Waals surface area contributed by atoms with Crippen LogP contribution in [0.25, 0.3) is 0 Å². The first-order chi connectivity index (χ1) is 14.5. The number of aryl methyl sites for hydroxylation is 1. The van der Waals surface area contributed by atoms with Crippen LogP contribution in [0, 0.1) is 13.8 Å². The van der Waals surface area contributed by atoms with Crippen LogP contribution in [0.3, 0.4) is 0 Å². The maximum absolute atomic E-state index is 13.1. The van der Waals surface area contributed by atoms with Crippen molar-refractivity contribution in [3.8, 4) is 5.75 Å². The average Bonchev–Trinajstić information content (AvgIpc) is 2.70. The first-order valence-electron chi connectivity index (χ1n) is 9.68. The molecule has 31 heavy (non-hydrogen) atoms. The van der Waals surface area contributed by atoms with Gasteiger partial charge in [0.1, 0.15) is 5.75 Å². The Balaban J connectivity index is 1.81. The van der Waals surface area contributed by atoms with Crippen molar-refractivity contribution in [1.29, 1.82) is 0 Å². The van der Waals surface area contributed by atoms with Gasteiger partial charge in [0.25, 0.3) is 5.91 Å². The number of benzene rings is 2. The summed E-state index contributed by atoms with van der Waals surface area (Å²) in [6, 6.07) is 8.03. The number of likely N-dealkylation sites (N-methyl/N-ethyl adjacent to an activating group) is 1. The molecule has 2 aromatic carbocycles. The zero-order valence-corrected chi connectivity index (χ0v) is 19.2. The zero-order valence-electron chi connectivity index (χ0n) is 17.7. The minimum atomic E-state index is -3.99. The van der Waals surface area contributed by atoms with Crippen LogP contribution < -0.4 is 15.4 Å². The monoisotopic (exact) mass is 465 g/mol. The molecular formula is C21H24ClN3O5S. The van der Waals surface area contributed by atoms with Gasteiger partial charge in [-0.15, -0.1) is 0 Å². The van der Waals surface area contributed by atoms with Crippen molar-refractivity contribution < 1.29 is 22.7 Å². The van der Waals surface area contributed by atoms with E-state index in [1.54, 1.807) is 45.0 Å². The van der Waals surface area contributed by atoms with Crippen LogP contribution in [0.15, 0.2) is 35.2 Å². The number of halogens is 1. The topological polar surface area (TPSA) is 105 Å². The van der Waals surface area contributed by atoms with Crippen molar-refractivity contribution in [2.75, 3.05) is 24.2 Å². The first-order valence-corrected chi connectivity index (χ1v) is 11.5. The summed E-state index contributed by atoms with van der Waals surface area (Å²) in [6.07, 6.45) is -0.236. The second-order valence-electron chi connectivity index (χ2n) is 7.34. The molecule has 0 fully saturated rings. The largest absolute Gasteiger partial charge is 0.478 e. The van der Waals surface area contributed by atoms with Gasteiger partial charge in [0, 0.05) is 23.8 Å². The molecule has 2 aromatic rings. The van der Waals surface area contributed by atoms with Crippen molar-refractivity contribution in [3.05, 3.63) is 46.5 Å². The van der Waals surface area contributed by atoms with Crippen molar-refractivity contribution >= 4 is 44.8 Å². The molecule has 1 aliphatic rings. The summed E-state index contributed by atoms with van der Waals surface area (Å²) in [4.78, 5) is 24.5. The molecule has 0 aliphatic carbocycles. The van der Waals surface area contributed by atoms with Crippen LogP contribution in [-0.2, 0) is 19.6 Å². The Hall–Kier alpha value is -2.62. The van der Waals surface area contributed by atoms with E-state index in [2.05, 4.69) is 10.6 Å². The summed E-state index contributed by atoms with van der Waals surface area (Å²) in [6.45, 7) is 4.79. The molecule has 8 nitrogen and oxygen atoms in total. The molecule has 1 heterocycles. The molecule has 0 saturated carbocycles. The summed E-state index contributed by atoms with van der Waals surface area (Å²) in [5.74, 6) is -0.486. The third kappa shape index (κ3) is 4.68. The number of hydrogen-bond acceptors (Lipinski definition) is 5. The summed E-state index contributed by atoms with van der Waals surface area (Å²) < 4.78 is 32.9. The lowest BCUT2D eigenvalue weighted by Gasteiger charge is -2.27. The number of nitrogens with zero attached hydrogens (tertiary/aromatic N) is 1. The smallest absolute Gasteiger partial charge is 0.265 e. The molecular weight excluding hydrogens is 442 g/mol. The van der Waals surface area contributed by atoms with Gasteiger partial charge in [0.2, 0.25) is 15.9 Å². The Morgan fingerprint density at radius 2 is 2.00 bits per heavy atom. The molecule has 1 atom stereocenters. The average molecular weight is 466 g/mol. The third-order valence-corrected chi connectivity index (χ3v) is 7.42. The number of fused-ring (bicyclic) bond motifs is 1. The minimum Gasteiger partial charge on any atom is -0.478 e. The number of rotatable bonds is 6. The van der Waals surface area contributed by atoms with Gasteiger partial charge in [-0.3, -0.25) is 9.59 Å². The predicted octanol–water partition coefficient (Wildman–Crippen LogP) is 3.33. The Kier molecular flexibility index (Phi) is 6.59. The lowest BCUT2D eigenvalue weighted by molar-refractivity contribution is -0.123. The zero-order chi connectivity index (χ0) is 22.9. The standard InChI is InChI=1S/C21H24ClN3O5S/c1-5-17-21(27)24-16-9-12(2)19(10-18(16)30-17)31(28,29)25(4)11-20(26)23-15-8-6-7-14(22)13(15)3/h6-10,17H,5,11H2,1-4H3,(H,23,26)(H,24,27)/t17-/m1/s1. The highest BCUT2D eigenvalue weighted by atomic mass is 35.5. The van der Waals surface area contributed by atoms with E-state index in [9.17, 15) is 18.0 Å². The van der Waals surface area contributed by atoms with E-state index in [0.717, 1.165) is 4.31 Å². The highest BCUT2D eigenvalue weighted by Gasteiger charge is 2.31. The fourth-order valence-corrected chi connectivity index (χ4v) is 4.74. The fraction of sp³-hybridized carbons (Fsp3) is 0.333. The van der Waals surface area contributed by atoms with Crippen LogP contribution in [0.2, 0.25) is 5.02 Å². The molecule has 0 spiro atoms. The Morgan fingerprint density at radius 3 is 2.68 bits per heavy atom. The molecule has 0 aromatic heterocycles. The van der Waals surface area contributed by atoms with Crippen LogP contribution in [-0.4, -0.2) is 44.2 Å². The molecule has 10 heteroatoms. The van der Waals surface area contributed by atoms with E-state index in [1.165, 1.54) is 13.1 Å². The highest BCUT2D eigenvalue weighted by molar-refractivity contribution is 7.89. The van der Waals surface area contributed by atoms with E-state index in [-0.39, 0.29) is 23.1 Å². The number of carbonyl (C=O) groups excluding carboxylic acids is 2. The number of anilines is 2. The number of hydrogen-bond donors (Lipinski definition) is 2. The van der Waals surface area contributed by atoms with Gasteiger partial charge in [-0.1, -0.05) is 24.6 Å². The van der Waals surface area contributed by atoms with E-state index >= 15 is 0 Å². The second kappa shape index (κ2) is 8.86. The first kappa shape index (κ1) is 23.1. The highest BCUT2D eigenvalue weighted by Crippen LogP contribution is 2.35. The number of ether oxygens (including phenoxy) is 1. The van der Waals surface area contributed by atoms with Gasteiger partial charge in [0.05, 0.1) is 17.1 Å². The molecule has 0 bridgehead atoms. The third-order valence-electron chi connectivity index (χ3n) is 5.06. The van der Waals surface area contributed by atoms with Crippen LogP contribution in [0.5, 0.6) is 5.75 Å². The maximum Gasteiger partial charge on any atom is 0.265 e. The maximum atomic E-state index is 13.1. The molecule has 2 amide bonds. The molecule has 0 radical (unpaired) electrons. The number of sulfonamides is 1. The van der Waals surface area contributed by atoms with E-state index in [4.69, 9.17) is 16.3 Å². The molecule has 1 aliphatic heterocycles. The molecule has 2 N–H and O–H groups in total. The summed E-state index contributed by atoms with van der Waals surface area (Å²) in [7, 11) is -2.66.